The van der Waals surface area contributed by atoms with Crippen LogP contribution in [0.3, 0.4) is 0 Å². The van der Waals surface area contributed by atoms with Crippen molar-refractivity contribution in [3.8, 4) is 0 Å². The van der Waals surface area contributed by atoms with Crippen molar-refractivity contribution < 1.29 is 13.6 Å². The Kier molecular flexibility index (Phi) is 6.17. The van der Waals surface area contributed by atoms with Gasteiger partial charge >= 0.3 is 0 Å². The average Bonchev–Trinajstić information content (AvgIpc) is 2.67. The molecule has 6 heteroatoms. The van der Waals surface area contributed by atoms with Crippen LogP contribution in [0.1, 0.15) is 5.56 Å². The summed E-state index contributed by atoms with van der Waals surface area (Å²) in [6.07, 6.45) is 0.554. The third-order valence-corrected chi connectivity index (χ3v) is 4.63. The first kappa shape index (κ1) is 18.3. The van der Waals surface area contributed by atoms with Gasteiger partial charge in [0.15, 0.2) is 0 Å². The van der Waals surface area contributed by atoms with Crippen LogP contribution in [0, 0.1) is 11.6 Å². The molecule has 4 nitrogen and oxygen atoms in total. The van der Waals surface area contributed by atoms with E-state index in [1.807, 2.05) is 11.0 Å². The van der Waals surface area contributed by atoms with Crippen molar-refractivity contribution in [2.75, 3.05) is 44.2 Å². The van der Waals surface area contributed by atoms with Crippen LogP contribution in [0.25, 0.3) is 0 Å². The molecule has 0 radical (unpaired) electrons. The van der Waals surface area contributed by atoms with Crippen LogP contribution in [-0.4, -0.2) is 50.1 Å². The van der Waals surface area contributed by atoms with Gasteiger partial charge in [-0.25, -0.2) is 8.78 Å². The maximum atomic E-state index is 13.5. The first-order valence-electron chi connectivity index (χ1n) is 8.86. The lowest BCUT2D eigenvalue weighted by molar-refractivity contribution is -0.130. The highest BCUT2D eigenvalue weighted by atomic mass is 19.1. The molecule has 0 saturated carbocycles. The Morgan fingerprint density at radius 3 is 2.35 bits per heavy atom. The number of hydrogen-bond acceptors (Lipinski definition) is 3. The zero-order valence-corrected chi connectivity index (χ0v) is 14.6. The lowest BCUT2D eigenvalue weighted by Crippen LogP contribution is -2.51. The second-order valence-corrected chi connectivity index (χ2v) is 6.36. The van der Waals surface area contributed by atoms with Crippen molar-refractivity contribution in [3.63, 3.8) is 0 Å². The predicted octanol–water partition coefficient (Wildman–Crippen LogP) is 2.45. The standard InChI is InChI=1S/C20H23F2N3O/c21-17-5-7-18(8-6-17)24-11-13-25(14-12-24)20(26)15-23-10-9-16-3-1-2-4-19(16)22/h1-8,23H,9-15H2. The Labute approximate surface area is 152 Å². The first-order valence-corrected chi connectivity index (χ1v) is 8.86. The molecule has 2 aromatic rings. The predicted molar refractivity (Wildman–Crippen MR) is 98.2 cm³/mol. The Balaban J connectivity index is 1.38. The topological polar surface area (TPSA) is 35.6 Å². The van der Waals surface area contributed by atoms with Crippen molar-refractivity contribution in [1.29, 1.82) is 0 Å². The zero-order chi connectivity index (χ0) is 18.4. The fraction of sp³-hybridized carbons (Fsp3) is 0.350. The molecular formula is C20H23F2N3O. The lowest BCUT2D eigenvalue weighted by Gasteiger charge is -2.36. The van der Waals surface area contributed by atoms with E-state index in [0.29, 0.717) is 31.6 Å². The van der Waals surface area contributed by atoms with Gasteiger partial charge in [-0.1, -0.05) is 18.2 Å². The Morgan fingerprint density at radius 1 is 0.962 bits per heavy atom. The molecule has 2 aromatic carbocycles. The molecular weight excluding hydrogens is 336 g/mol. The van der Waals surface area contributed by atoms with Crippen molar-refractivity contribution >= 4 is 11.6 Å². The summed E-state index contributed by atoms with van der Waals surface area (Å²) >= 11 is 0. The average molecular weight is 359 g/mol. The van der Waals surface area contributed by atoms with Gasteiger partial charge in [-0.05, 0) is 48.9 Å². The molecule has 0 atom stereocenters. The zero-order valence-electron chi connectivity index (χ0n) is 14.6. The van der Waals surface area contributed by atoms with Crippen LogP contribution in [0.2, 0.25) is 0 Å². The van der Waals surface area contributed by atoms with Gasteiger partial charge in [0.2, 0.25) is 5.91 Å². The lowest BCUT2D eigenvalue weighted by atomic mass is 10.1. The van der Waals surface area contributed by atoms with E-state index in [-0.39, 0.29) is 24.1 Å². The van der Waals surface area contributed by atoms with Crippen molar-refractivity contribution in [1.82, 2.24) is 10.2 Å². The largest absolute Gasteiger partial charge is 0.368 e. The highest BCUT2D eigenvalue weighted by Gasteiger charge is 2.20. The number of piperazine rings is 1. The molecule has 1 heterocycles. The number of rotatable bonds is 6. The van der Waals surface area contributed by atoms with E-state index in [1.165, 1.54) is 18.2 Å². The molecule has 1 aliphatic rings. The summed E-state index contributed by atoms with van der Waals surface area (Å²) in [7, 11) is 0. The number of carbonyl (C=O) groups excluding carboxylic acids is 1. The van der Waals surface area contributed by atoms with Crippen LogP contribution in [0.4, 0.5) is 14.5 Å². The molecule has 26 heavy (non-hydrogen) atoms. The monoisotopic (exact) mass is 359 g/mol. The van der Waals surface area contributed by atoms with E-state index < -0.39 is 0 Å². The van der Waals surface area contributed by atoms with Gasteiger partial charge in [-0.15, -0.1) is 0 Å². The summed E-state index contributed by atoms with van der Waals surface area (Å²) < 4.78 is 26.5. The van der Waals surface area contributed by atoms with E-state index in [2.05, 4.69) is 10.2 Å². The van der Waals surface area contributed by atoms with Gasteiger partial charge in [-0.3, -0.25) is 4.79 Å². The number of nitrogens with one attached hydrogen (secondary N) is 1. The maximum Gasteiger partial charge on any atom is 0.236 e. The number of halogens is 2. The van der Waals surface area contributed by atoms with Crippen molar-refractivity contribution in [3.05, 3.63) is 65.7 Å². The highest BCUT2D eigenvalue weighted by molar-refractivity contribution is 5.78. The van der Waals surface area contributed by atoms with Gasteiger partial charge < -0.3 is 15.1 Å². The molecule has 1 N–H and O–H groups in total. The molecule has 0 aromatic heterocycles. The molecule has 0 spiro atoms. The summed E-state index contributed by atoms with van der Waals surface area (Å²) in [6.45, 7) is 3.56. The van der Waals surface area contributed by atoms with E-state index in [4.69, 9.17) is 0 Å². The maximum absolute atomic E-state index is 13.5. The number of anilines is 1. The number of hydrogen-bond donors (Lipinski definition) is 1. The molecule has 1 saturated heterocycles. The second kappa shape index (κ2) is 8.76. The molecule has 1 amide bonds. The van der Waals surface area contributed by atoms with Crippen LogP contribution in [0.5, 0.6) is 0 Å². The second-order valence-electron chi connectivity index (χ2n) is 6.36. The minimum absolute atomic E-state index is 0.0530. The Bertz CT molecular complexity index is 728. The Morgan fingerprint density at radius 2 is 1.65 bits per heavy atom. The van der Waals surface area contributed by atoms with Crippen LogP contribution >= 0.6 is 0 Å². The van der Waals surface area contributed by atoms with Gasteiger partial charge in [0, 0.05) is 31.9 Å². The molecule has 3 rings (SSSR count). The Hall–Kier alpha value is -2.47. The van der Waals surface area contributed by atoms with Crippen LogP contribution in [0.15, 0.2) is 48.5 Å². The number of carbonyl (C=O) groups is 1. The van der Waals surface area contributed by atoms with Crippen molar-refractivity contribution in [2.45, 2.75) is 6.42 Å². The molecule has 0 unspecified atom stereocenters. The smallest absolute Gasteiger partial charge is 0.236 e. The van der Waals surface area contributed by atoms with E-state index in [0.717, 1.165) is 18.8 Å². The summed E-state index contributed by atoms with van der Waals surface area (Å²) in [5.74, 6) is -0.404. The van der Waals surface area contributed by atoms with Gasteiger partial charge in [0.1, 0.15) is 11.6 Å². The molecule has 0 bridgehead atoms. The van der Waals surface area contributed by atoms with Gasteiger partial charge in [0.05, 0.1) is 6.54 Å². The normalized spacial score (nSPS) is 14.5. The summed E-state index contributed by atoms with van der Waals surface area (Å²) in [5.41, 5.74) is 1.63. The fourth-order valence-corrected chi connectivity index (χ4v) is 3.10. The fourth-order valence-electron chi connectivity index (χ4n) is 3.10. The van der Waals surface area contributed by atoms with Gasteiger partial charge in [0.25, 0.3) is 0 Å². The third kappa shape index (κ3) is 4.79. The molecule has 1 fully saturated rings. The summed E-state index contributed by atoms with van der Waals surface area (Å²) in [4.78, 5) is 16.3. The number of amides is 1. The van der Waals surface area contributed by atoms with E-state index in [1.54, 1.807) is 24.3 Å². The first-order chi connectivity index (χ1) is 12.6. The van der Waals surface area contributed by atoms with Gasteiger partial charge in [-0.2, -0.15) is 0 Å². The van der Waals surface area contributed by atoms with Crippen molar-refractivity contribution in [2.24, 2.45) is 0 Å². The summed E-state index contributed by atoms with van der Waals surface area (Å²) in [6, 6.07) is 13.1. The minimum atomic E-state index is -0.246. The quantitative estimate of drug-likeness (QED) is 0.805. The number of benzene rings is 2. The van der Waals surface area contributed by atoms with Crippen LogP contribution < -0.4 is 10.2 Å². The molecule has 0 aliphatic carbocycles. The molecule has 1 aliphatic heterocycles. The van der Waals surface area contributed by atoms with E-state index >= 15 is 0 Å². The SMILES string of the molecule is O=C(CNCCc1ccccc1F)N1CCN(c2ccc(F)cc2)CC1. The number of nitrogens with zero attached hydrogens (tertiary/aromatic N) is 2. The van der Waals surface area contributed by atoms with Crippen LogP contribution in [-0.2, 0) is 11.2 Å². The molecule has 138 valence electrons. The summed E-state index contributed by atoms with van der Waals surface area (Å²) in [5, 5.41) is 3.09. The minimum Gasteiger partial charge on any atom is -0.368 e. The van der Waals surface area contributed by atoms with E-state index in [9.17, 15) is 13.6 Å². The highest BCUT2D eigenvalue weighted by Crippen LogP contribution is 2.16. The third-order valence-electron chi connectivity index (χ3n) is 4.63.